The second kappa shape index (κ2) is 16.0. The van der Waals surface area contributed by atoms with E-state index in [4.69, 9.17) is 26.8 Å². The van der Waals surface area contributed by atoms with Crippen molar-refractivity contribution < 1.29 is 19.1 Å². The van der Waals surface area contributed by atoms with E-state index in [1.165, 1.54) is 7.11 Å². The molecule has 10 heteroatoms. The number of aryl methyl sites for hydroxylation is 1. The Morgan fingerprint density at radius 2 is 1.64 bits per heavy atom. The molecule has 0 spiro atoms. The summed E-state index contributed by atoms with van der Waals surface area (Å²) in [7, 11) is 1.26. The number of ether oxygens (including phenoxy) is 2. The molecule has 8 nitrogen and oxygen atoms in total. The number of nitrogens with one attached hydrogen (secondary N) is 1. The number of hydrogen-bond acceptors (Lipinski definition) is 8. The second-order valence-corrected chi connectivity index (χ2v) is 12.3. The summed E-state index contributed by atoms with van der Waals surface area (Å²) in [5.74, 6) is -0.259. The van der Waals surface area contributed by atoms with E-state index in [1.54, 1.807) is 36.3 Å². The second-order valence-electron chi connectivity index (χ2n) is 10.8. The van der Waals surface area contributed by atoms with Gasteiger partial charge in [0.25, 0.3) is 5.91 Å². The van der Waals surface area contributed by atoms with E-state index < -0.39 is 24.0 Å². The molecule has 5 rings (SSSR count). The molecule has 2 amide bonds. The molecule has 0 saturated carbocycles. The van der Waals surface area contributed by atoms with E-state index in [1.807, 2.05) is 78.9 Å². The molecule has 0 bridgehead atoms. The number of para-hydroxylation sites is 1. The minimum Gasteiger partial charge on any atom is -0.452 e. The van der Waals surface area contributed by atoms with E-state index in [2.05, 4.69) is 10.3 Å². The average Bonchev–Trinajstić information content (AvgIpc) is 3.08. The number of nitrogens with two attached hydrogens (primary N) is 1. The zero-order chi connectivity index (χ0) is 31.6. The van der Waals surface area contributed by atoms with Crippen LogP contribution in [0.1, 0.15) is 29.0 Å². The van der Waals surface area contributed by atoms with Crippen molar-refractivity contribution in [3.8, 4) is 0 Å². The molecule has 1 aliphatic heterocycles. The number of halogens is 1. The monoisotopic (exact) mass is 644 g/mol. The Kier molecular flexibility index (Phi) is 11.6. The quantitative estimate of drug-likeness (QED) is 0.189. The number of anilines is 1. The summed E-state index contributed by atoms with van der Waals surface area (Å²) >= 11 is 7.75. The van der Waals surface area contributed by atoms with Crippen molar-refractivity contribution in [1.29, 1.82) is 0 Å². The first-order valence-electron chi connectivity index (χ1n) is 14.9. The van der Waals surface area contributed by atoms with Crippen LogP contribution in [0.4, 0.5) is 10.5 Å². The summed E-state index contributed by atoms with van der Waals surface area (Å²) in [5, 5.41) is 4.21. The van der Waals surface area contributed by atoms with E-state index >= 15 is 0 Å². The largest absolute Gasteiger partial charge is 0.452 e. The number of pyridine rings is 1. The lowest BCUT2D eigenvalue weighted by molar-refractivity contribution is -0.119. The van der Waals surface area contributed by atoms with Gasteiger partial charge in [0.1, 0.15) is 0 Å². The molecule has 234 valence electrons. The van der Waals surface area contributed by atoms with Gasteiger partial charge in [-0.25, -0.2) is 9.69 Å². The first kappa shape index (κ1) is 32.7. The number of nitrogens with zero attached hydrogens (tertiary/aromatic N) is 2. The standard InChI is InChI=1S/C35H37ClN4O4S/c1-43-35(42)40(34(41)33(37)32(25-8-3-2-4-9-25)26-17-19-38-20-18-26)31-10-6-5-7-24(31)11-14-28-21-39-22-29(44-28)23-45-30-15-12-27(36)13-16-30/h2-10,12-13,15-20,28-29,32-33,39H,11,14,21-23,37H2,1H3/t28-,29+,32-,33+/m1/s1. The van der Waals surface area contributed by atoms with Gasteiger partial charge in [-0.15, -0.1) is 11.8 Å². The SMILES string of the molecule is COC(=O)N(C(=O)[C@@H](N)[C@H](c1ccccc1)c1ccncc1)c1ccccc1CC[C@@H]1CNC[C@@H](CSc2ccc(Cl)cc2)O1. The molecule has 3 aromatic carbocycles. The van der Waals surface area contributed by atoms with Crippen LogP contribution >= 0.6 is 23.4 Å². The van der Waals surface area contributed by atoms with Crippen molar-refractivity contribution in [3.63, 3.8) is 0 Å². The summed E-state index contributed by atoms with van der Waals surface area (Å²) in [6.07, 6.45) is 3.85. The highest BCUT2D eigenvalue weighted by Gasteiger charge is 2.36. The molecule has 0 unspecified atom stereocenters. The van der Waals surface area contributed by atoms with Crippen LogP contribution in [0, 0.1) is 0 Å². The Morgan fingerprint density at radius 1 is 0.978 bits per heavy atom. The first-order chi connectivity index (χ1) is 21.9. The van der Waals surface area contributed by atoms with Gasteiger partial charge >= 0.3 is 6.09 Å². The number of carbonyl (C=O) groups is 2. The van der Waals surface area contributed by atoms with E-state index in [9.17, 15) is 9.59 Å². The molecule has 4 aromatic rings. The van der Waals surface area contributed by atoms with Crippen molar-refractivity contribution in [2.24, 2.45) is 5.73 Å². The fraction of sp³-hybridized carbons (Fsp3) is 0.286. The number of rotatable bonds is 11. The number of carbonyl (C=O) groups excluding carboxylic acids is 2. The zero-order valence-corrected chi connectivity index (χ0v) is 26.6. The smallest absolute Gasteiger partial charge is 0.420 e. The summed E-state index contributed by atoms with van der Waals surface area (Å²) in [6.45, 7) is 1.50. The van der Waals surface area contributed by atoms with Gasteiger partial charge in [0.05, 0.1) is 31.0 Å². The number of amides is 2. The Bertz CT molecular complexity index is 1510. The third-order valence-electron chi connectivity index (χ3n) is 7.79. The van der Waals surface area contributed by atoms with Gasteiger partial charge < -0.3 is 20.5 Å². The van der Waals surface area contributed by atoms with Crippen LogP contribution in [-0.2, 0) is 20.7 Å². The summed E-state index contributed by atoms with van der Waals surface area (Å²) < 4.78 is 11.5. The fourth-order valence-electron chi connectivity index (χ4n) is 5.55. The van der Waals surface area contributed by atoms with Crippen LogP contribution in [0.3, 0.4) is 0 Å². The maximum absolute atomic E-state index is 14.2. The number of aromatic nitrogens is 1. The van der Waals surface area contributed by atoms with Crippen LogP contribution in [0.25, 0.3) is 0 Å². The molecule has 1 saturated heterocycles. The maximum Gasteiger partial charge on any atom is 0.420 e. The van der Waals surface area contributed by atoms with Gasteiger partial charge in [0.15, 0.2) is 0 Å². The van der Waals surface area contributed by atoms with Crippen molar-refractivity contribution >= 4 is 41.1 Å². The van der Waals surface area contributed by atoms with Crippen molar-refractivity contribution in [2.45, 2.75) is 41.9 Å². The number of morpholine rings is 1. The van der Waals surface area contributed by atoms with Gasteiger partial charge in [-0.05, 0) is 72.0 Å². The molecule has 4 atom stereocenters. The van der Waals surface area contributed by atoms with Crippen LogP contribution in [-0.4, -0.2) is 61.2 Å². The Balaban J connectivity index is 1.31. The minimum absolute atomic E-state index is 0.0266. The summed E-state index contributed by atoms with van der Waals surface area (Å²) in [4.78, 5) is 33.8. The average molecular weight is 645 g/mol. The number of imide groups is 1. The molecule has 2 heterocycles. The van der Waals surface area contributed by atoms with Gasteiger partial charge in [-0.2, -0.15) is 0 Å². The fourth-order valence-corrected chi connectivity index (χ4v) is 6.58. The van der Waals surface area contributed by atoms with Gasteiger partial charge in [-0.3, -0.25) is 9.78 Å². The molecule has 3 N–H and O–H groups in total. The minimum atomic E-state index is -1.08. The highest BCUT2D eigenvalue weighted by Crippen LogP contribution is 2.31. The van der Waals surface area contributed by atoms with Gasteiger partial charge in [0, 0.05) is 47.1 Å². The molecule has 45 heavy (non-hydrogen) atoms. The highest BCUT2D eigenvalue weighted by molar-refractivity contribution is 7.99. The zero-order valence-electron chi connectivity index (χ0n) is 25.1. The van der Waals surface area contributed by atoms with Crippen LogP contribution in [0.5, 0.6) is 0 Å². The molecule has 0 radical (unpaired) electrons. The first-order valence-corrected chi connectivity index (χ1v) is 16.3. The molecular formula is C35H37ClN4O4S. The Labute approximate surface area is 273 Å². The van der Waals surface area contributed by atoms with Gasteiger partial charge in [0.2, 0.25) is 0 Å². The van der Waals surface area contributed by atoms with Gasteiger partial charge in [-0.1, -0.05) is 60.1 Å². The van der Waals surface area contributed by atoms with Crippen molar-refractivity contribution in [1.82, 2.24) is 10.3 Å². The molecular weight excluding hydrogens is 608 g/mol. The van der Waals surface area contributed by atoms with E-state index in [0.29, 0.717) is 18.5 Å². The van der Waals surface area contributed by atoms with E-state index in [-0.39, 0.29) is 12.2 Å². The summed E-state index contributed by atoms with van der Waals surface area (Å²) in [6, 6.07) is 27.3. The lowest BCUT2D eigenvalue weighted by Gasteiger charge is -2.32. The maximum atomic E-state index is 14.2. The van der Waals surface area contributed by atoms with Crippen molar-refractivity contribution in [3.05, 3.63) is 125 Å². The number of methoxy groups -OCH3 is 1. The third-order valence-corrected chi connectivity index (χ3v) is 9.19. The predicted octanol–water partition coefficient (Wildman–Crippen LogP) is 6.08. The molecule has 1 fully saturated rings. The lowest BCUT2D eigenvalue weighted by atomic mass is 9.85. The number of thioether (sulfide) groups is 1. The normalized spacial score (nSPS) is 17.7. The number of benzene rings is 3. The predicted molar refractivity (Wildman–Crippen MR) is 179 cm³/mol. The van der Waals surface area contributed by atoms with Crippen molar-refractivity contribution in [2.75, 3.05) is 30.9 Å². The number of hydrogen-bond donors (Lipinski definition) is 2. The van der Waals surface area contributed by atoms with Crippen LogP contribution < -0.4 is 16.0 Å². The molecule has 0 aliphatic carbocycles. The third kappa shape index (κ3) is 8.51. The molecule has 1 aliphatic rings. The highest BCUT2D eigenvalue weighted by atomic mass is 35.5. The van der Waals surface area contributed by atoms with E-state index in [0.717, 1.165) is 50.4 Å². The van der Waals surface area contributed by atoms with Crippen LogP contribution in [0.2, 0.25) is 5.02 Å². The lowest BCUT2D eigenvalue weighted by Crippen LogP contribution is -2.50. The Morgan fingerprint density at radius 3 is 2.38 bits per heavy atom. The van der Waals surface area contributed by atoms with Crippen LogP contribution in [0.15, 0.2) is 108 Å². The molecule has 1 aromatic heterocycles. The summed E-state index contributed by atoms with van der Waals surface area (Å²) in [5.41, 5.74) is 9.68. The topological polar surface area (TPSA) is 107 Å². The Hall–Kier alpha value is -3.73.